The summed E-state index contributed by atoms with van der Waals surface area (Å²) < 4.78 is 16.2. The second-order valence-corrected chi connectivity index (χ2v) is 6.52. The van der Waals surface area contributed by atoms with Crippen LogP contribution in [0, 0.1) is 0 Å². The van der Waals surface area contributed by atoms with Crippen molar-refractivity contribution >= 4 is 23.3 Å². The van der Waals surface area contributed by atoms with E-state index in [1.165, 1.54) is 14.2 Å². The van der Waals surface area contributed by atoms with Crippen LogP contribution in [0.4, 0.5) is 10.5 Å². The summed E-state index contributed by atoms with van der Waals surface area (Å²) in [4.78, 5) is 12.1. The van der Waals surface area contributed by atoms with Gasteiger partial charge in [0.25, 0.3) is 0 Å². The fraction of sp³-hybridized carbons (Fsp3) is 0.350. The molecule has 0 saturated heterocycles. The maximum Gasteiger partial charge on any atom is 0.319 e. The lowest BCUT2D eigenvalue weighted by atomic mass is 10.0. The summed E-state index contributed by atoms with van der Waals surface area (Å²) in [5.74, 6) is 2.09. The molecule has 2 aromatic carbocycles. The first-order valence-corrected chi connectivity index (χ1v) is 9.02. The summed E-state index contributed by atoms with van der Waals surface area (Å²) in [5, 5.41) is 5.87. The van der Waals surface area contributed by atoms with E-state index in [0.29, 0.717) is 41.3 Å². The molecule has 7 heteroatoms. The highest BCUT2D eigenvalue weighted by atomic mass is 35.5. The molecule has 27 heavy (non-hydrogen) atoms. The molecule has 2 rings (SSSR count). The lowest BCUT2D eigenvalue weighted by molar-refractivity contribution is 0.247. The van der Waals surface area contributed by atoms with Gasteiger partial charge in [0.1, 0.15) is 23.9 Å². The molecule has 0 heterocycles. The van der Waals surface area contributed by atoms with Gasteiger partial charge in [-0.05, 0) is 17.5 Å². The third kappa shape index (κ3) is 5.69. The molecule has 0 aliphatic carbocycles. The first kappa shape index (κ1) is 20.7. The average molecular weight is 393 g/mol. The van der Waals surface area contributed by atoms with Crippen molar-refractivity contribution in [2.24, 2.45) is 0 Å². The van der Waals surface area contributed by atoms with Crippen molar-refractivity contribution in [2.75, 3.05) is 32.7 Å². The SMILES string of the molecule is COc1cc(NC(=O)NCCOc2ccccc2C(C)C)c(OC)cc1Cl. The fourth-order valence-electron chi connectivity index (χ4n) is 2.54. The van der Waals surface area contributed by atoms with E-state index < -0.39 is 0 Å². The van der Waals surface area contributed by atoms with Crippen molar-refractivity contribution in [1.29, 1.82) is 0 Å². The molecule has 2 amide bonds. The minimum atomic E-state index is -0.376. The van der Waals surface area contributed by atoms with Crippen LogP contribution >= 0.6 is 11.6 Å². The van der Waals surface area contributed by atoms with Crippen LogP contribution in [-0.2, 0) is 0 Å². The Hall–Kier alpha value is -2.60. The number of amides is 2. The smallest absolute Gasteiger partial charge is 0.319 e. The quantitative estimate of drug-likeness (QED) is 0.640. The maximum absolute atomic E-state index is 12.1. The van der Waals surface area contributed by atoms with Gasteiger partial charge in [0.15, 0.2) is 0 Å². The molecular formula is C20H25ClN2O4. The zero-order chi connectivity index (χ0) is 19.8. The Kier molecular flexibility index (Phi) is 7.61. The molecular weight excluding hydrogens is 368 g/mol. The highest BCUT2D eigenvalue weighted by Crippen LogP contribution is 2.35. The number of halogens is 1. The van der Waals surface area contributed by atoms with Gasteiger partial charge in [0.2, 0.25) is 0 Å². The second-order valence-electron chi connectivity index (χ2n) is 6.11. The number of benzene rings is 2. The van der Waals surface area contributed by atoms with Gasteiger partial charge < -0.3 is 24.8 Å². The van der Waals surface area contributed by atoms with Gasteiger partial charge in [0.05, 0.1) is 31.5 Å². The molecule has 0 unspecified atom stereocenters. The van der Waals surface area contributed by atoms with E-state index in [1.807, 2.05) is 24.3 Å². The highest BCUT2D eigenvalue weighted by Gasteiger charge is 2.12. The number of urea groups is 1. The van der Waals surface area contributed by atoms with Crippen molar-refractivity contribution in [3.8, 4) is 17.2 Å². The van der Waals surface area contributed by atoms with Gasteiger partial charge in [-0.1, -0.05) is 43.6 Å². The maximum atomic E-state index is 12.1. The van der Waals surface area contributed by atoms with Gasteiger partial charge in [0, 0.05) is 12.1 Å². The van der Waals surface area contributed by atoms with Gasteiger partial charge in [-0.25, -0.2) is 4.79 Å². The van der Waals surface area contributed by atoms with Gasteiger partial charge in [-0.15, -0.1) is 0 Å². The van der Waals surface area contributed by atoms with E-state index >= 15 is 0 Å². The summed E-state index contributed by atoms with van der Waals surface area (Å²) in [7, 11) is 3.01. The summed E-state index contributed by atoms with van der Waals surface area (Å²) in [6, 6.07) is 10.7. The molecule has 0 saturated carbocycles. The van der Waals surface area contributed by atoms with Crippen LogP contribution in [0.1, 0.15) is 25.3 Å². The molecule has 6 nitrogen and oxygen atoms in total. The Labute approximate surface area is 164 Å². The standard InChI is InChI=1S/C20H25ClN2O4/c1-13(2)14-7-5-6-8-17(14)27-10-9-22-20(24)23-16-12-18(25-3)15(21)11-19(16)26-4/h5-8,11-13H,9-10H2,1-4H3,(H2,22,23,24). The van der Waals surface area contributed by atoms with Crippen LogP contribution in [0.3, 0.4) is 0 Å². The lowest BCUT2D eigenvalue weighted by Gasteiger charge is -2.15. The van der Waals surface area contributed by atoms with E-state index in [4.69, 9.17) is 25.8 Å². The number of rotatable bonds is 8. The molecule has 2 N–H and O–H groups in total. The third-order valence-electron chi connectivity index (χ3n) is 3.91. The fourth-order valence-corrected chi connectivity index (χ4v) is 2.77. The monoisotopic (exact) mass is 392 g/mol. The normalized spacial score (nSPS) is 10.4. The number of carbonyl (C=O) groups excluding carboxylic acids is 1. The van der Waals surface area contributed by atoms with E-state index in [0.717, 1.165) is 11.3 Å². The molecule has 0 aliphatic rings. The van der Waals surface area contributed by atoms with E-state index in [9.17, 15) is 4.79 Å². The number of methoxy groups -OCH3 is 2. The first-order chi connectivity index (χ1) is 13.0. The second kappa shape index (κ2) is 9.92. The molecule has 0 aromatic heterocycles. The molecule has 0 spiro atoms. The molecule has 0 aliphatic heterocycles. The number of para-hydroxylation sites is 1. The largest absolute Gasteiger partial charge is 0.495 e. The number of ether oxygens (including phenoxy) is 3. The average Bonchev–Trinajstić information content (AvgIpc) is 2.66. The van der Waals surface area contributed by atoms with Gasteiger partial charge in [-0.2, -0.15) is 0 Å². The number of nitrogens with one attached hydrogen (secondary N) is 2. The number of hydrogen-bond donors (Lipinski definition) is 2. The number of carbonyl (C=O) groups is 1. The highest BCUT2D eigenvalue weighted by molar-refractivity contribution is 6.32. The van der Waals surface area contributed by atoms with Crippen LogP contribution < -0.4 is 24.8 Å². The van der Waals surface area contributed by atoms with E-state index in [2.05, 4.69) is 24.5 Å². The molecule has 0 radical (unpaired) electrons. The zero-order valence-corrected chi connectivity index (χ0v) is 16.7. The lowest BCUT2D eigenvalue weighted by Crippen LogP contribution is -2.32. The number of anilines is 1. The predicted octanol–water partition coefficient (Wildman–Crippen LogP) is 4.68. The topological polar surface area (TPSA) is 68.8 Å². The summed E-state index contributed by atoms with van der Waals surface area (Å²) in [6.45, 7) is 4.94. The first-order valence-electron chi connectivity index (χ1n) is 8.64. The van der Waals surface area contributed by atoms with E-state index in [-0.39, 0.29) is 6.03 Å². The Morgan fingerprint density at radius 1 is 1.07 bits per heavy atom. The van der Waals surface area contributed by atoms with Crippen molar-refractivity contribution in [2.45, 2.75) is 19.8 Å². The summed E-state index contributed by atoms with van der Waals surface area (Å²) in [5.41, 5.74) is 1.60. The Morgan fingerprint density at radius 2 is 1.78 bits per heavy atom. The van der Waals surface area contributed by atoms with Crippen molar-refractivity contribution in [1.82, 2.24) is 5.32 Å². The molecule has 0 bridgehead atoms. The minimum Gasteiger partial charge on any atom is -0.495 e. The Balaban J connectivity index is 1.89. The van der Waals surface area contributed by atoms with Crippen molar-refractivity contribution < 1.29 is 19.0 Å². The molecule has 2 aromatic rings. The van der Waals surface area contributed by atoms with Gasteiger partial charge in [-0.3, -0.25) is 0 Å². The van der Waals surface area contributed by atoms with Crippen molar-refractivity contribution in [3.63, 3.8) is 0 Å². The summed E-state index contributed by atoms with van der Waals surface area (Å²) in [6.07, 6.45) is 0. The molecule has 0 fully saturated rings. The van der Waals surface area contributed by atoms with Crippen LogP contribution in [0.5, 0.6) is 17.2 Å². The predicted molar refractivity (Wildman–Crippen MR) is 108 cm³/mol. The van der Waals surface area contributed by atoms with E-state index in [1.54, 1.807) is 12.1 Å². The van der Waals surface area contributed by atoms with Crippen molar-refractivity contribution in [3.05, 3.63) is 47.0 Å². The molecule has 146 valence electrons. The zero-order valence-electron chi connectivity index (χ0n) is 16.0. The van der Waals surface area contributed by atoms with Crippen LogP contribution in [0.2, 0.25) is 5.02 Å². The molecule has 0 atom stereocenters. The summed E-state index contributed by atoms with van der Waals surface area (Å²) >= 11 is 6.06. The Morgan fingerprint density at radius 3 is 2.44 bits per heavy atom. The van der Waals surface area contributed by atoms with Crippen LogP contribution in [-0.4, -0.2) is 33.4 Å². The van der Waals surface area contributed by atoms with Gasteiger partial charge >= 0.3 is 6.03 Å². The Bertz CT molecular complexity index is 781. The van der Waals surface area contributed by atoms with Crippen LogP contribution in [0.25, 0.3) is 0 Å². The minimum absolute atomic E-state index is 0.352. The van der Waals surface area contributed by atoms with Crippen LogP contribution in [0.15, 0.2) is 36.4 Å². The number of hydrogen-bond acceptors (Lipinski definition) is 4. The third-order valence-corrected chi connectivity index (χ3v) is 4.20.